The van der Waals surface area contributed by atoms with Gasteiger partial charge >= 0.3 is 5.97 Å². The average molecular weight is 260 g/mol. The Morgan fingerprint density at radius 3 is 2.42 bits per heavy atom. The molecule has 0 unspecified atom stereocenters. The van der Waals surface area contributed by atoms with Gasteiger partial charge in [0, 0.05) is 5.57 Å². The van der Waals surface area contributed by atoms with E-state index in [1.807, 2.05) is 36.4 Å². The summed E-state index contributed by atoms with van der Waals surface area (Å²) in [5.74, 6) is -0.209. The Balaban J connectivity index is 2.57. The molecule has 0 amide bonds. The van der Waals surface area contributed by atoms with E-state index in [1.165, 1.54) is 32.8 Å². The second-order valence-electron chi connectivity index (χ2n) is 4.74. The van der Waals surface area contributed by atoms with E-state index in [2.05, 4.69) is 6.92 Å². The van der Waals surface area contributed by atoms with Gasteiger partial charge < -0.3 is 4.74 Å². The molecule has 0 aromatic heterocycles. The Morgan fingerprint density at radius 2 is 1.79 bits per heavy atom. The minimum Gasteiger partial charge on any atom is -0.466 e. The van der Waals surface area contributed by atoms with Crippen LogP contribution < -0.4 is 0 Å². The van der Waals surface area contributed by atoms with Crippen LogP contribution in [0.5, 0.6) is 0 Å². The third kappa shape index (κ3) is 6.23. The van der Waals surface area contributed by atoms with Crippen LogP contribution >= 0.6 is 0 Å². The molecule has 0 saturated heterocycles. The van der Waals surface area contributed by atoms with E-state index in [0.717, 1.165) is 24.0 Å². The quantitative estimate of drug-likeness (QED) is 0.388. The number of hydrogen-bond acceptors (Lipinski definition) is 2. The lowest BCUT2D eigenvalue weighted by atomic mass is 10.0. The van der Waals surface area contributed by atoms with Crippen molar-refractivity contribution in [2.75, 3.05) is 7.11 Å². The highest BCUT2D eigenvalue weighted by Gasteiger charge is 2.09. The standard InChI is InChI=1S/C17H24O2/c1-3-4-5-6-10-13-16(17(18)19-2)14-15-11-8-7-9-12-15/h7-9,11-12,14H,3-6,10,13H2,1-2H3/b16-14+. The van der Waals surface area contributed by atoms with Crippen molar-refractivity contribution in [3.63, 3.8) is 0 Å². The van der Waals surface area contributed by atoms with Crippen molar-refractivity contribution < 1.29 is 9.53 Å². The van der Waals surface area contributed by atoms with Crippen molar-refractivity contribution in [2.45, 2.75) is 45.4 Å². The zero-order valence-corrected chi connectivity index (χ0v) is 12.0. The topological polar surface area (TPSA) is 26.3 Å². The van der Waals surface area contributed by atoms with Gasteiger partial charge in [-0.2, -0.15) is 0 Å². The molecule has 0 spiro atoms. The summed E-state index contributed by atoms with van der Waals surface area (Å²) in [6, 6.07) is 9.92. The first kappa shape index (κ1) is 15.5. The molecule has 0 bridgehead atoms. The summed E-state index contributed by atoms with van der Waals surface area (Å²) in [4.78, 5) is 11.7. The molecule has 2 heteroatoms. The summed E-state index contributed by atoms with van der Waals surface area (Å²) < 4.78 is 4.86. The van der Waals surface area contributed by atoms with E-state index < -0.39 is 0 Å². The van der Waals surface area contributed by atoms with Crippen LogP contribution in [-0.2, 0) is 9.53 Å². The maximum absolute atomic E-state index is 11.7. The van der Waals surface area contributed by atoms with Gasteiger partial charge in [-0.15, -0.1) is 0 Å². The Hall–Kier alpha value is -1.57. The maximum Gasteiger partial charge on any atom is 0.333 e. The molecule has 0 N–H and O–H groups in total. The van der Waals surface area contributed by atoms with Crippen LogP contribution in [0.4, 0.5) is 0 Å². The summed E-state index contributed by atoms with van der Waals surface area (Å²) in [5, 5.41) is 0. The van der Waals surface area contributed by atoms with Gasteiger partial charge in [-0.05, 0) is 24.5 Å². The van der Waals surface area contributed by atoms with Gasteiger partial charge in [0.15, 0.2) is 0 Å². The number of esters is 1. The van der Waals surface area contributed by atoms with E-state index in [0.29, 0.717) is 0 Å². The number of unbranched alkanes of at least 4 members (excludes halogenated alkanes) is 4. The fraction of sp³-hybridized carbons (Fsp3) is 0.471. The second kappa shape index (κ2) is 9.37. The highest BCUT2D eigenvalue weighted by Crippen LogP contribution is 2.16. The molecule has 1 rings (SSSR count). The molecular formula is C17H24O2. The van der Waals surface area contributed by atoms with E-state index in [4.69, 9.17) is 4.74 Å². The normalized spacial score (nSPS) is 11.4. The van der Waals surface area contributed by atoms with Crippen LogP contribution in [0.3, 0.4) is 0 Å². The SMILES string of the molecule is CCCCCCC/C(=C\c1ccccc1)C(=O)OC. The maximum atomic E-state index is 11.7. The first-order chi connectivity index (χ1) is 9.27. The fourth-order valence-corrected chi connectivity index (χ4v) is 2.03. The predicted molar refractivity (Wildman–Crippen MR) is 79.8 cm³/mol. The lowest BCUT2D eigenvalue weighted by Crippen LogP contribution is -2.04. The first-order valence-electron chi connectivity index (χ1n) is 7.12. The van der Waals surface area contributed by atoms with Gasteiger partial charge in [-0.3, -0.25) is 0 Å². The highest BCUT2D eigenvalue weighted by molar-refractivity contribution is 5.93. The molecule has 0 fully saturated rings. The Bertz CT molecular complexity index is 393. The Kier molecular flexibility index (Phi) is 7.64. The molecule has 1 aromatic rings. The van der Waals surface area contributed by atoms with Crippen molar-refractivity contribution in [1.29, 1.82) is 0 Å². The lowest BCUT2D eigenvalue weighted by Gasteiger charge is -2.06. The van der Waals surface area contributed by atoms with Crippen LogP contribution in [0.15, 0.2) is 35.9 Å². The minimum atomic E-state index is -0.209. The minimum absolute atomic E-state index is 0.209. The molecule has 0 aliphatic carbocycles. The fourth-order valence-electron chi connectivity index (χ4n) is 2.03. The Morgan fingerprint density at radius 1 is 1.11 bits per heavy atom. The number of carbonyl (C=O) groups is 1. The van der Waals surface area contributed by atoms with E-state index in [1.54, 1.807) is 0 Å². The smallest absolute Gasteiger partial charge is 0.333 e. The summed E-state index contributed by atoms with van der Waals surface area (Å²) in [7, 11) is 1.44. The summed E-state index contributed by atoms with van der Waals surface area (Å²) in [5.41, 5.74) is 1.82. The molecule has 1 aromatic carbocycles. The largest absolute Gasteiger partial charge is 0.466 e. The van der Waals surface area contributed by atoms with E-state index in [9.17, 15) is 4.79 Å². The van der Waals surface area contributed by atoms with E-state index >= 15 is 0 Å². The van der Waals surface area contributed by atoms with Gasteiger partial charge in [0.05, 0.1) is 7.11 Å². The number of methoxy groups -OCH3 is 1. The molecule has 0 aliphatic heterocycles. The number of ether oxygens (including phenoxy) is 1. The second-order valence-corrected chi connectivity index (χ2v) is 4.74. The van der Waals surface area contributed by atoms with Crippen LogP contribution in [-0.4, -0.2) is 13.1 Å². The van der Waals surface area contributed by atoms with Gasteiger partial charge in [0.1, 0.15) is 0 Å². The summed E-state index contributed by atoms with van der Waals surface area (Å²) >= 11 is 0. The molecule has 0 saturated carbocycles. The molecule has 0 heterocycles. The number of carbonyl (C=O) groups excluding carboxylic acids is 1. The lowest BCUT2D eigenvalue weighted by molar-refractivity contribution is -0.136. The molecule has 0 aliphatic rings. The third-order valence-corrected chi connectivity index (χ3v) is 3.14. The molecule has 2 nitrogen and oxygen atoms in total. The van der Waals surface area contributed by atoms with Gasteiger partial charge in [-0.25, -0.2) is 4.79 Å². The van der Waals surface area contributed by atoms with Crippen LogP contribution in [0.2, 0.25) is 0 Å². The van der Waals surface area contributed by atoms with Gasteiger partial charge in [0.2, 0.25) is 0 Å². The molecular weight excluding hydrogens is 236 g/mol. The van der Waals surface area contributed by atoms with Crippen LogP contribution in [0.25, 0.3) is 6.08 Å². The molecule has 19 heavy (non-hydrogen) atoms. The first-order valence-corrected chi connectivity index (χ1v) is 7.12. The molecule has 0 atom stereocenters. The predicted octanol–water partition coefficient (Wildman–Crippen LogP) is 4.60. The van der Waals surface area contributed by atoms with Crippen molar-refractivity contribution in [3.05, 3.63) is 41.5 Å². The van der Waals surface area contributed by atoms with Crippen molar-refractivity contribution in [3.8, 4) is 0 Å². The van der Waals surface area contributed by atoms with Crippen molar-refractivity contribution in [1.82, 2.24) is 0 Å². The average Bonchev–Trinajstić information content (AvgIpc) is 2.46. The summed E-state index contributed by atoms with van der Waals surface area (Å²) in [6.07, 6.45) is 8.72. The Labute approximate surface area is 116 Å². The zero-order chi connectivity index (χ0) is 13.9. The van der Waals surface area contributed by atoms with Crippen molar-refractivity contribution >= 4 is 12.0 Å². The monoisotopic (exact) mass is 260 g/mol. The van der Waals surface area contributed by atoms with E-state index in [-0.39, 0.29) is 5.97 Å². The number of rotatable bonds is 8. The number of hydrogen-bond donors (Lipinski definition) is 0. The van der Waals surface area contributed by atoms with Crippen molar-refractivity contribution in [2.24, 2.45) is 0 Å². The third-order valence-electron chi connectivity index (χ3n) is 3.14. The summed E-state index contributed by atoms with van der Waals surface area (Å²) in [6.45, 7) is 2.20. The number of benzene rings is 1. The van der Waals surface area contributed by atoms with Crippen LogP contribution in [0.1, 0.15) is 51.0 Å². The molecule has 104 valence electrons. The molecule has 0 radical (unpaired) electrons. The van der Waals surface area contributed by atoms with Crippen LogP contribution in [0, 0.1) is 0 Å². The highest BCUT2D eigenvalue weighted by atomic mass is 16.5. The van der Waals surface area contributed by atoms with Gasteiger partial charge in [-0.1, -0.05) is 62.9 Å². The van der Waals surface area contributed by atoms with Gasteiger partial charge in [0.25, 0.3) is 0 Å². The zero-order valence-electron chi connectivity index (χ0n) is 12.0.